The molecule has 9 heteroatoms. The second-order valence-corrected chi connectivity index (χ2v) is 10.7. The van der Waals surface area contributed by atoms with Crippen LogP contribution in [-0.2, 0) is 14.3 Å². The molecular formula is C26H38FN3O5. The molecule has 2 N–H and O–H groups in total. The minimum absolute atomic E-state index is 0.139. The highest BCUT2D eigenvalue weighted by atomic mass is 19.1. The maximum absolute atomic E-state index is 15.0. The maximum Gasteiger partial charge on any atom is 0.233 e. The molecule has 0 aromatic heterocycles. The second kappa shape index (κ2) is 11.9. The molecule has 35 heavy (non-hydrogen) atoms. The summed E-state index contributed by atoms with van der Waals surface area (Å²) in [7, 11) is 0. The van der Waals surface area contributed by atoms with Gasteiger partial charge in [-0.25, -0.2) is 9.45 Å². The van der Waals surface area contributed by atoms with Crippen LogP contribution in [0.3, 0.4) is 0 Å². The third-order valence-corrected chi connectivity index (χ3v) is 6.99. The molecule has 1 heterocycles. The molecule has 0 radical (unpaired) electrons. The lowest BCUT2D eigenvalue weighted by Gasteiger charge is -2.33. The number of carbonyl (C=O) groups is 3. The van der Waals surface area contributed by atoms with Crippen LogP contribution in [0.4, 0.5) is 10.1 Å². The van der Waals surface area contributed by atoms with Gasteiger partial charge in [0.05, 0.1) is 37.4 Å². The fourth-order valence-electron chi connectivity index (χ4n) is 5.00. The molecule has 1 aromatic carbocycles. The number of morpholine rings is 1. The fourth-order valence-corrected chi connectivity index (χ4v) is 5.00. The highest BCUT2D eigenvalue weighted by Crippen LogP contribution is 2.32. The van der Waals surface area contributed by atoms with Gasteiger partial charge >= 0.3 is 0 Å². The zero-order valence-electron chi connectivity index (χ0n) is 21.0. The topological polar surface area (TPSA) is 99.2 Å². The number of ketones is 1. The Morgan fingerprint density at radius 2 is 1.91 bits per heavy atom. The molecule has 194 valence electrons. The van der Waals surface area contributed by atoms with E-state index in [4.69, 9.17) is 4.74 Å². The van der Waals surface area contributed by atoms with Crippen LogP contribution in [-0.4, -0.2) is 67.3 Å². The van der Waals surface area contributed by atoms with E-state index in [1.165, 1.54) is 6.07 Å². The Hall–Kier alpha value is -2.52. The van der Waals surface area contributed by atoms with E-state index in [0.717, 1.165) is 25.7 Å². The molecule has 2 fully saturated rings. The van der Waals surface area contributed by atoms with Crippen molar-refractivity contribution in [2.75, 3.05) is 37.7 Å². The van der Waals surface area contributed by atoms with Crippen molar-refractivity contribution in [1.82, 2.24) is 10.4 Å². The van der Waals surface area contributed by atoms with Crippen molar-refractivity contribution in [3.05, 3.63) is 29.6 Å². The summed E-state index contributed by atoms with van der Waals surface area (Å²) in [6.07, 6.45) is 5.03. The summed E-state index contributed by atoms with van der Waals surface area (Å²) in [6.45, 7) is 7.58. The van der Waals surface area contributed by atoms with Gasteiger partial charge in [0.25, 0.3) is 0 Å². The van der Waals surface area contributed by atoms with Crippen molar-refractivity contribution in [2.24, 2.45) is 17.3 Å². The molecule has 8 nitrogen and oxygen atoms in total. The SMILES string of the molecule is CC(C)(C)[C@H](NC(=O)[C@H](CC1CCCC1)CN(O)C=O)C(=O)c1ccc(N2CCOCC2)c(F)c1. The van der Waals surface area contributed by atoms with Crippen molar-refractivity contribution in [3.8, 4) is 0 Å². The van der Waals surface area contributed by atoms with Crippen LogP contribution in [0.25, 0.3) is 0 Å². The number of nitrogens with one attached hydrogen (secondary N) is 1. The Morgan fingerprint density at radius 1 is 1.26 bits per heavy atom. The molecule has 3 rings (SSSR count). The Labute approximate surface area is 206 Å². The molecular weight excluding hydrogens is 453 g/mol. The average molecular weight is 492 g/mol. The maximum atomic E-state index is 15.0. The van der Waals surface area contributed by atoms with E-state index in [1.807, 2.05) is 25.7 Å². The van der Waals surface area contributed by atoms with Crippen LogP contribution in [0.1, 0.15) is 63.2 Å². The summed E-state index contributed by atoms with van der Waals surface area (Å²) in [5.41, 5.74) is -0.0356. The van der Waals surface area contributed by atoms with Crippen LogP contribution in [0.2, 0.25) is 0 Å². The van der Waals surface area contributed by atoms with Crippen molar-refractivity contribution in [1.29, 1.82) is 0 Å². The molecule has 1 saturated carbocycles. The van der Waals surface area contributed by atoms with Gasteiger partial charge in [-0.1, -0.05) is 46.5 Å². The van der Waals surface area contributed by atoms with Crippen LogP contribution in [0.5, 0.6) is 0 Å². The number of hydrogen-bond acceptors (Lipinski definition) is 6. The number of amides is 2. The van der Waals surface area contributed by atoms with Gasteiger partial charge < -0.3 is 15.0 Å². The minimum atomic E-state index is -0.905. The number of nitrogens with zero attached hydrogens (tertiary/aromatic N) is 2. The Bertz CT molecular complexity index is 891. The van der Waals surface area contributed by atoms with Gasteiger partial charge in [0.15, 0.2) is 5.78 Å². The Kier molecular flexibility index (Phi) is 9.24. The van der Waals surface area contributed by atoms with Gasteiger partial charge in [-0.15, -0.1) is 0 Å². The van der Waals surface area contributed by atoms with Crippen molar-refractivity contribution in [3.63, 3.8) is 0 Å². The third kappa shape index (κ3) is 7.24. The first kappa shape index (κ1) is 27.1. The first-order chi connectivity index (χ1) is 16.6. The zero-order chi connectivity index (χ0) is 25.6. The second-order valence-electron chi connectivity index (χ2n) is 10.7. The van der Waals surface area contributed by atoms with Gasteiger partial charge in [-0.2, -0.15) is 0 Å². The van der Waals surface area contributed by atoms with Gasteiger partial charge in [0, 0.05) is 18.7 Å². The highest BCUT2D eigenvalue weighted by molar-refractivity contribution is 6.03. The zero-order valence-corrected chi connectivity index (χ0v) is 21.0. The van der Waals surface area contributed by atoms with E-state index in [2.05, 4.69) is 5.32 Å². The van der Waals surface area contributed by atoms with Gasteiger partial charge in [0.1, 0.15) is 5.82 Å². The van der Waals surface area contributed by atoms with Crippen LogP contribution < -0.4 is 10.2 Å². The normalized spacial score (nSPS) is 18.7. The molecule has 2 atom stereocenters. The molecule has 1 aliphatic heterocycles. The molecule has 2 amide bonds. The monoisotopic (exact) mass is 491 g/mol. The van der Waals surface area contributed by atoms with Crippen LogP contribution in [0, 0.1) is 23.1 Å². The van der Waals surface area contributed by atoms with Crippen molar-refractivity contribution in [2.45, 2.75) is 58.9 Å². The summed E-state index contributed by atoms with van der Waals surface area (Å²) in [5.74, 6) is -1.56. The van der Waals surface area contributed by atoms with Crippen molar-refractivity contribution < 1.29 is 28.7 Å². The average Bonchev–Trinajstić information content (AvgIpc) is 3.34. The van der Waals surface area contributed by atoms with E-state index in [9.17, 15) is 24.0 Å². The lowest BCUT2D eigenvalue weighted by Crippen LogP contribution is -2.52. The molecule has 1 aliphatic carbocycles. The first-order valence-corrected chi connectivity index (χ1v) is 12.5. The minimum Gasteiger partial charge on any atom is -0.378 e. The molecule has 1 saturated heterocycles. The summed E-state index contributed by atoms with van der Waals surface area (Å²) in [4.78, 5) is 39.7. The van der Waals surface area contributed by atoms with Gasteiger partial charge in [-0.3, -0.25) is 19.6 Å². The van der Waals surface area contributed by atoms with E-state index in [1.54, 1.807) is 12.1 Å². The number of carbonyl (C=O) groups excluding carboxylic acids is 3. The number of halogens is 1. The summed E-state index contributed by atoms with van der Waals surface area (Å²) in [5, 5.41) is 13.1. The summed E-state index contributed by atoms with van der Waals surface area (Å²) >= 11 is 0. The van der Waals surface area contributed by atoms with E-state index in [-0.39, 0.29) is 24.3 Å². The standard InChI is InChI=1S/C26H38FN3O5/c1-26(2,3)24(28-25(33)20(16-30(34)17-31)14-18-6-4-5-7-18)23(32)19-8-9-22(21(27)15-19)29-10-12-35-13-11-29/h8-9,15,17-18,20,24,34H,4-7,10-14,16H2,1-3H3,(H,28,33)/t20-,24-/m1/s1. The Balaban J connectivity index is 1.78. The number of anilines is 1. The molecule has 2 aliphatic rings. The number of rotatable bonds is 10. The van der Waals surface area contributed by atoms with Gasteiger partial charge in [0.2, 0.25) is 12.3 Å². The predicted molar refractivity (Wildman–Crippen MR) is 130 cm³/mol. The van der Waals surface area contributed by atoms with E-state index < -0.39 is 29.1 Å². The number of ether oxygens (including phenoxy) is 1. The van der Waals surface area contributed by atoms with E-state index in [0.29, 0.717) is 49.4 Å². The third-order valence-electron chi connectivity index (χ3n) is 6.99. The Morgan fingerprint density at radius 3 is 2.49 bits per heavy atom. The smallest absolute Gasteiger partial charge is 0.233 e. The fraction of sp³-hybridized carbons (Fsp3) is 0.654. The van der Waals surface area contributed by atoms with Crippen LogP contribution in [0.15, 0.2) is 18.2 Å². The largest absolute Gasteiger partial charge is 0.378 e. The first-order valence-electron chi connectivity index (χ1n) is 12.5. The lowest BCUT2D eigenvalue weighted by atomic mass is 9.81. The molecule has 0 unspecified atom stereocenters. The van der Waals surface area contributed by atoms with E-state index >= 15 is 0 Å². The number of Topliss-reactive ketones (excluding diaryl/α,β-unsaturated/α-hetero) is 1. The lowest BCUT2D eigenvalue weighted by molar-refractivity contribution is -0.155. The van der Waals surface area contributed by atoms with Crippen LogP contribution >= 0.6 is 0 Å². The summed E-state index contributed by atoms with van der Waals surface area (Å²) < 4.78 is 20.3. The van der Waals surface area contributed by atoms with Gasteiger partial charge in [-0.05, 0) is 36.0 Å². The highest BCUT2D eigenvalue weighted by Gasteiger charge is 2.36. The van der Waals surface area contributed by atoms with Crippen molar-refractivity contribution >= 4 is 23.8 Å². The number of hydrogen-bond donors (Lipinski definition) is 2. The predicted octanol–water partition coefficient (Wildman–Crippen LogP) is 3.42. The molecule has 0 spiro atoms. The number of hydroxylamine groups is 2. The molecule has 0 bridgehead atoms. The quantitative estimate of drug-likeness (QED) is 0.225. The summed E-state index contributed by atoms with van der Waals surface area (Å²) in [6, 6.07) is 3.53. The molecule has 1 aromatic rings. The number of benzene rings is 1.